The van der Waals surface area contributed by atoms with Crippen LogP contribution in [0.15, 0.2) is 48.5 Å². The van der Waals surface area contributed by atoms with Crippen LogP contribution in [0.2, 0.25) is 0 Å². The highest BCUT2D eigenvalue weighted by Gasteiger charge is 2.30. The van der Waals surface area contributed by atoms with Crippen molar-refractivity contribution < 1.29 is 17.6 Å². The molecule has 0 radical (unpaired) electrons. The van der Waals surface area contributed by atoms with Gasteiger partial charge in [-0.2, -0.15) is 0 Å². The molecule has 1 amide bonds. The summed E-state index contributed by atoms with van der Waals surface area (Å²) in [6.45, 7) is 5.27. The molecule has 0 saturated carbocycles. The molecule has 0 aromatic heterocycles. The smallest absolute Gasteiger partial charge is 0.244 e. The van der Waals surface area contributed by atoms with E-state index in [1.165, 1.54) is 25.1 Å². The van der Waals surface area contributed by atoms with E-state index in [4.69, 9.17) is 0 Å². The Morgan fingerprint density at radius 2 is 1.73 bits per heavy atom. The van der Waals surface area contributed by atoms with E-state index in [0.29, 0.717) is 0 Å². The van der Waals surface area contributed by atoms with Gasteiger partial charge in [0.25, 0.3) is 0 Å². The highest BCUT2D eigenvalue weighted by molar-refractivity contribution is 7.92. The fourth-order valence-electron chi connectivity index (χ4n) is 2.69. The molecule has 140 valence electrons. The number of sulfonamides is 1. The lowest BCUT2D eigenvalue weighted by molar-refractivity contribution is -0.122. The number of carbonyl (C=O) groups excluding carboxylic acids is 1. The zero-order chi connectivity index (χ0) is 19.5. The Balaban J connectivity index is 2.23. The van der Waals surface area contributed by atoms with E-state index in [1.54, 1.807) is 0 Å². The number of halogens is 1. The minimum absolute atomic E-state index is 0.109. The number of rotatable bonds is 6. The Hall–Kier alpha value is -2.41. The molecule has 0 spiro atoms. The average molecular weight is 378 g/mol. The number of nitrogens with zero attached hydrogens (tertiary/aromatic N) is 1. The molecular formula is C19H23FN2O3S. The van der Waals surface area contributed by atoms with Crippen molar-refractivity contribution in [3.8, 4) is 0 Å². The highest BCUT2D eigenvalue weighted by atomic mass is 32.2. The Kier molecular flexibility index (Phi) is 6.02. The fraction of sp³-hybridized carbons (Fsp3) is 0.316. The molecule has 0 unspecified atom stereocenters. The quantitative estimate of drug-likeness (QED) is 0.840. The van der Waals surface area contributed by atoms with Crippen LogP contribution in [0.1, 0.15) is 31.0 Å². The van der Waals surface area contributed by atoms with Crippen molar-refractivity contribution in [2.45, 2.75) is 32.9 Å². The van der Waals surface area contributed by atoms with E-state index in [0.717, 1.165) is 27.8 Å². The van der Waals surface area contributed by atoms with Gasteiger partial charge in [0, 0.05) is 0 Å². The molecule has 5 nitrogen and oxygen atoms in total. The predicted octanol–water partition coefficient (Wildman–Crippen LogP) is 3.17. The summed E-state index contributed by atoms with van der Waals surface area (Å²) >= 11 is 0. The Labute approximate surface area is 153 Å². The van der Waals surface area contributed by atoms with Crippen LogP contribution in [0.5, 0.6) is 0 Å². The second kappa shape index (κ2) is 7.86. The number of hydrogen-bond donors (Lipinski definition) is 1. The van der Waals surface area contributed by atoms with Crippen molar-refractivity contribution in [3.63, 3.8) is 0 Å². The van der Waals surface area contributed by atoms with Crippen molar-refractivity contribution in [1.82, 2.24) is 5.32 Å². The Morgan fingerprint density at radius 3 is 2.27 bits per heavy atom. The number of carbonyl (C=O) groups is 1. The summed E-state index contributed by atoms with van der Waals surface area (Å²) in [5.74, 6) is -1.04. The summed E-state index contributed by atoms with van der Waals surface area (Å²) in [7, 11) is -3.78. The third-order valence-corrected chi connectivity index (χ3v) is 5.33. The molecule has 26 heavy (non-hydrogen) atoms. The van der Waals surface area contributed by atoms with Gasteiger partial charge in [-0.05, 0) is 44.5 Å². The van der Waals surface area contributed by atoms with E-state index >= 15 is 0 Å². The molecule has 2 atom stereocenters. The standard InChI is InChI=1S/C19H23FN2O3S/c1-13-8-10-16(11-9-13)14(2)21-19(23)15(3)22(26(4,24)25)18-7-5-6-17(20)12-18/h5-12,14-15H,1-4H3,(H,21,23)/t14-,15+/m1/s1. The summed E-state index contributed by atoms with van der Waals surface area (Å²) in [5, 5.41) is 2.81. The van der Waals surface area contributed by atoms with Gasteiger partial charge in [0.2, 0.25) is 15.9 Å². The van der Waals surface area contributed by atoms with Crippen molar-refractivity contribution in [1.29, 1.82) is 0 Å². The first-order valence-corrected chi connectivity index (χ1v) is 10.1. The van der Waals surface area contributed by atoms with Crippen LogP contribution >= 0.6 is 0 Å². The van der Waals surface area contributed by atoms with Crippen LogP contribution in [0.3, 0.4) is 0 Å². The summed E-state index contributed by atoms with van der Waals surface area (Å²) in [4.78, 5) is 12.6. The number of nitrogens with one attached hydrogen (secondary N) is 1. The van der Waals surface area contributed by atoms with E-state index < -0.39 is 27.8 Å². The highest BCUT2D eigenvalue weighted by Crippen LogP contribution is 2.22. The fourth-order valence-corrected chi connectivity index (χ4v) is 3.86. The maximum Gasteiger partial charge on any atom is 0.244 e. The van der Waals surface area contributed by atoms with Gasteiger partial charge in [0.15, 0.2) is 0 Å². The summed E-state index contributed by atoms with van der Waals surface area (Å²) in [5.41, 5.74) is 2.13. The van der Waals surface area contributed by atoms with Gasteiger partial charge in [0.05, 0.1) is 18.0 Å². The first kappa shape index (κ1) is 19.9. The predicted molar refractivity (Wildman–Crippen MR) is 101 cm³/mol. The Bertz CT molecular complexity index is 882. The summed E-state index contributed by atoms with van der Waals surface area (Å²) < 4.78 is 38.9. The maximum absolute atomic E-state index is 13.5. The maximum atomic E-state index is 13.5. The molecule has 0 bridgehead atoms. The molecule has 0 fully saturated rings. The second-order valence-corrected chi connectivity index (χ2v) is 8.22. The summed E-state index contributed by atoms with van der Waals surface area (Å²) in [6.07, 6.45) is 0.991. The van der Waals surface area contributed by atoms with Crippen LogP contribution in [-0.4, -0.2) is 26.6 Å². The molecular weight excluding hydrogens is 355 g/mol. The first-order chi connectivity index (χ1) is 12.1. The monoisotopic (exact) mass is 378 g/mol. The van der Waals surface area contributed by atoms with Gasteiger partial charge in [-0.15, -0.1) is 0 Å². The molecule has 2 aromatic carbocycles. The second-order valence-electron chi connectivity index (χ2n) is 6.36. The van der Waals surface area contributed by atoms with Gasteiger partial charge in [-0.25, -0.2) is 12.8 Å². The van der Waals surface area contributed by atoms with Crippen LogP contribution in [0.4, 0.5) is 10.1 Å². The van der Waals surface area contributed by atoms with Gasteiger partial charge in [-0.1, -0.05) is 35.9 Å². The molecule has 1 N–H and O–H groups in total. The van der Waals surface area contributed by atoms with Crippen molar-refractivity contribution in [3.05, 3.63) is 65.5 Å². The Morgan fingerprint density at radius 1 is 1.12 bits per heavy atom. The summed E-state index contributed by atoms with van der Waals surface area (Å²) in [6, 6.07) is 11.5. The third kappa shape index (κ3) is 4.82. The molecule has 0 aliphatic heterocycles. The van der Waals surface area contributed by atoms with Gasteiger partial charge >= 0.3 is 0 Å². The molecule has 0 saturated heterocycles. The van der Waals surface area contributed by atoms with Gasteiger partial charge in [0.1, 0.15) is 11.9 Å². The van der Waals surface area contributed by atoms with E-state index in [2.05, 4.69) is 5.32 Å². The number of anilines is 1. The topological polar surface area (TPSA) is 66.5 Å². The minimum Gasteiger partial charge on any atom is -0.348 e. The van der Waals surface area contributed by atoms with Crippen LogP contribution in [0, 0.1) is 12.7 Å². The lowest BCUT2D eigenvalue weighted by Crippen LogP contribution is -2.48. The first-order valence-electron chi connectivity index (χ1n) is 8.21. The van der Waals surface area contributed by atoms with Crippen LogP contribution < -0.4 is 9.62 Å². The normalized spacial score (nSPS) is 13.7. The minimum atomic E-state index is -3.78. The van der Waals surface area contributed by atoms with Crippen molar-refractivity contribution in [2.75, 3.05) is 10.6 Å². The number of hydrogen-bond acceptors (Lipinski definition) is 3. The molecule has 0 aliphatic carbocycles. The number of amides is 1. The van der Waals surface area contributed by atoms with Gasteiger partial charge < -0.3 is 5.32 Å². The van der Waals surface area contributed by atoms with Crippen LogP contribution in [-0.2, 0) is 14.8 Å². The molecule has 2 rings (SSSR count). The zero-order valence-electron chi connectivity index (χ0n) is 15.2. The average Bonchev–Trinajstić information content (AvgIpc) is 2.54. The molecule has 0 heterocycles. The van der Waals surface area contributed by atoms with Crippen LogP contribution in [0.25, 0.3) is 0 Å². The van der Waals surface area contributed by atoms with Gasteiger partial charge in [-0.3, -0.25) is 9.10 Å². The van der Waals surface area contributed by atoms with E-state index in [1.807, 2.05) is 38.1 Å². The molecule has 0 aliphatic rings. The third-order valence-electron chi connectivity index (χ3n) is 4.09. The number of aryl methyl sites for hydroxylation is 1. The largest absolute Gasteiger partial charge is 0.348 e. The van der Waals surface area contributed by atoms with E-state index in [-0.39, 0.29) is 11.7 Å². The zero-order valence-corrected chi connectivity index (χ0v) is 16.0. The van der Waals surface area contributed by atoms with E-state index in [9.17, 15) is 17.6 Å². The molecule has 2 aromatic rings. The van der Waals surface area contributed by atoms with Crippen molar-refractivity contribution in [2.24, 2.45) is 0 Å². The van der Waals surface area contributed by atoms with Crippen molar-refractivity contribution >= 4 is 21.6 Å². The SMILES string of the molecule is Cc1ccc([C@@H](C)NC(=O)[C@H](C)N(c2cccc(F)c2)S(C)(=O)=O)cc1. The lowest BCUT2D eigenvalue weighted by atomic mass is 10.1. The molecule has 7 heteroatoms. The number of benzene rings is 2. The lowest BCUT2D eigenvalue weighted by Gasteiger charge is -2.29.